The van der Waals surface area contributed by atoms with Crippen molar-refractivity contribution in [3.63, 3.8) is 0 Å². The van der Waals surface area contributed by atoms with Gasteiger partial charge >= 0.3 is 5.69 Å². The van der Waals surface area contributed by atoms with Gasteiger partial charge in [-0.05, 0) is 13.3 Å². The lowest BCUT2D eigenvalue weighted by Gasteiger charge is -2.11. The quantitative estimate of drug-likeness (QED) is 0.814. The van der Waals surface area contributed by atoms with Gasteiger partial charge in [0.1, 0.15) is 0 Å². The molecule has 0 spiro atoms. The van der Waals surface area contributed by atoms with Crippen molar-refractivity contribution in [2.24, 2.45) is 5.73 Å². The fourth-order valence-corrected chi connectivity index (χ4v) is 2.32. The molecule has 0 bridgehead atoms. The second-order valence-corrected chi connectivity index (χ2v) is 4.74. The summed E-state index contributed by atoms with van der Waals surface area (Å²) in [6.45, 7) is 5.69. The lowest BCUT2D eigenvalue weighted by atomic mass is 10.3. The summed E-state index contributed by atoms with van der Waals surface area (Å²) in [5, 5.41) is 0. The Morgan fingerprint density at radius 2 is 1.95 bits per heavy atom. The molecule has 110 valence electrons. The number of unbranched alkanes of at least 4 members (excludes halogenated alkanes) is 1. The zero-order valence-corrected chi connectivity index (χ0v) is 12.0. The van der Waals surface area contributed by atoms with E-state index in [0.29, 0.717) is 24.3 Å². The second kappa shape index (κ2) is 6.04. The van der Waals surface area contributed by atoms with Crippen molar-refractivity contribution in [3.05, 3.63) is 27.2 Å². The van der Waals surface area contributed by atoms with Gasteiger partial charge in [-0.1, -0.05) is 13.3 Å². The van der Waals surface area contributed by atoms with E-state index in [4.69, 9.17) is 5.73 Å². The molecule has 0 aliphatic rings. The zero-order chi connectivity index (χ0) is 14.7. The molecule has 0 aliphatic heterocycles. The third-order valence-corrected chi connectivity index (χ3v) is 3.41. The molecule has 0 saturated heterocycles. The first-order valence-electron chi connectivity index (χ1n) is 7.04. The Morgan fingerprint density at radius 3 is 2.55 bits per heavy atom. The third kappa shape index (κ3) is 2.29. The van der Waals surface area contributed by atoms with Crippen LogP contribution in [0, 0.1) is 0 Å². The first kappa shape index (κ1) is 14.5. The molecule has 0 unspecified atom stereocenters. The van der Waals surface area contributed by atoms with Crippen molar-refractivity contribution in [2.45, 2.75) is 46.3 Å². The molecule has 7 nitrogen and oxygen atoms in total. The summed E-state index contributed by atoms with van der Waals surface area (Å²) in [5.74, 6) is 0. The van der Waals surface area contributed by atoms with Crippen molar-refractivity contribution in [1.29, 1.82) is 0 Å². The SMILES string of the molecule is CCCCn1c(=O)n(CCN)c(=O)c2c1ncn2CC. The van der Waals surface area contributed by atoms with Crippen molar-refractivity contribution in [2.75, 3.05) is 6.54 Å². The van der Waals surface area contributed by atoms with E-state index in [1.807, 2.05) is 6.92 Å². The predicted molar refractivity (Wildman–Crippen MR) is 77.9 cm³/mol. The van der Waals surface area contributed by atoms with E-state index in [2.05, 4.69) is 11.9 Å². The van der Waals surface area contributed by atoms with Crippen LogP contribution in [0.2, 0.25) is 0 Å². The Bertz CT molecular complexity index is 710. The average molecular weight is 279 g/mol. The summed E-state index contributed by atoms with van der Waals surface area (Å²) in [5.41, 5.74) is 5.85. The first-order valence-corrected chi connectivity index (χ1v) is 7.04. The number of nitrogens with zero attached hydrogens (tertiary/aromatic N) is 4. The highest BCUT2D eigenvalue weighted by Gasteiger charge is 2.16. The predicted octanol–water partition coefficient (Wildman–Crippen LogP) is 0.138. The molecule has 0 fully saturated rings. The maximum Gasteiger partial charge on any atom is 0.332 e. The van der Waals surface area contributed by atoms with E-state index in [-0.39, 0.29) is 24.3 Å². The summed E-state index contributed by atoms with van der Waals surface area (Å²) in [6, 6.07) is 0. The van der Waals surface area contributed by atoms with Gasteiger partial charge in [-0.3, -0.25) is 13.9 Å². The molecule has 0 amide bonds. The number of fused-ring (bicyclic) bond motifs is 1. The minimum Gasteiger partial charge on any atom is -0.329 e. The topological polar surface area (TPSA) is 87.8 Å². The molecule has 0 atom stereocenters. The van der Waals surface area contributed by atoms with E-state index >= 15 is 0 Å². The van der Waals surface area contributed by atoms with Crippen LogP contribution in [0.1, 0.15) is 26.7 Å². The molecular formula is C13H21N5O2. The maximum absolute atomic E-state index is 12.4. The third-order valence-electron chi connectivity index (χ3n) is 3.41. The summed E-state index contributed by atoms with van der Waals surface area (Å²) in [7, 11) is 0. The average Bonchev–Trinajstić information content (AvgIpc) is 2.87. The molecule has 0 radical (unpaired) electrons. The lowest BCUT2D eigenvalue weighted by molar-refractivity contribution is 0.550. The van der Waals surface area contributed by atoms with Crippen LogP contribution in [0.4, 0.5) is 0 Å². The van der Waals surface area contributed by atoms with Crippen LogP contribution in [0.3, 0.4) is 0 Å². The highest BCUT2D eigenvalue weighted by atomic mass is 16.2. The van der Waals surface area contributed by atoms with Crippen molar-refractivity contribution < 1.29 is 0 Å². The van der Waals surface area contributed by atoms with Crippen LogP contribution >= 0.6 is 0 Å². The number of rotatable bonds is 6. The van der Waals surface area contributed by atoms with E-state index < -0.39 is 0 Å². The highest BCUT2D eigenvalue weighted by Crippen LogP contribution is 2.07. The standard InChI is InChI=1S/C13H21N5O2/c1-3-5-7-17-11-10(16(4-2)9-15-11)12(19)18(8-6-14)13(17)20/h9H,3-8,14H2,1-2H3. The van der Waals surface area contributed by atoms with Gasteiger partial charge in [0.2, 0.25) is 0 Å². The molecule has 0 aromatic carbocycles. The molecule has 2 aromatic rings. The molecule has 2 rings (SSSR count). The number of imidazole rings is 1. The normalized spacial score (nSPS) is 11.3. The van der Waals surface area contributed by atoms with Gasteiger partial charge in [0, 0.05) is 26.2 Å². The number of nitrogens with two attached hydrogens (primary N) is 1. The van der Waals surface area contributed by atoms with Crippen LogP contribution in [-0.4, -0.2) is 25.2 Å². The van der Waals surface area contributed by atoms with E-state index in [1.54, 1.807) is 15.5 Å². The number of aromatic nitrogens is 4. The van der Waals surface area contributed by atoms with E-state index in [1.165, 1.54) is 4.57 Å². The van der Waals surface area contributed by atoms with Crippen LogP contribution in [0.25, 0.3) is 11.2 Å². The molecule has 7 heteroatoms. The van der Waals surface area contributed by atoms with Crippen molar-refractivity contribution >= 4 is 11.2 Å². The monoisotopic (exact) mass is 279 g/mol. The van der Waals surface area contributed by atoms with Gasteiger partial charge in [0.05, 0.1) is 6.33 Å². The summed E-state index contributed by atoms with van der Waals surface area (Å²) in [6.07, 6.45) is 3.45. The van der Waals surface area contributed by atoms with E-state index in [0.717, 1.165) is 12.8 Å². The molecular weight excluding hydrogens is 258 g/mol. The number of aryl methyl sites for hydroxylation is 2. The molecule has 2 aromatic heterocycles. The summed E-state index contributed by atoms with van der Waals surface area (Å²) < 4.78 is 4.57. The molecule has 2 N–H and O–H groups in total. The number of hydrogen-bond donors (Lipinski definition) is 1. The maximum atomic E-state index is 12.4. The fraction of sp³-hybridized carbons (Fsp3) is 0.615. The van der Waals surface area contributed by atoms with Gasteiger partial charge in [0.15, 0.2) is 11.2 Å². The van der Waals surface area contributed by atoms with Crippen LogP contribution in [-0.2, 0) is 19.6 Å². The number of hydrogen-bond acceptors (Lipinski definition) is 4. The Morgan fingerprint density at radius 1 is 1.20 bits per heavy atom. The second-order valence-electron chi connectivity index (χ2n) is 4.74. The van der Waals surface area contributed by atoms with Gasteiger partial charge in [-0.15, -0.1) is 0 Å². The Balaban J connectivity index is 2.79. The largest absolute Gasteiger partial charge is 0.332 e. The highest BCUT2D eigenvalue weighted by molar-refractivity contribution is 5.70. The van der Waals surface area contributed by atoms with Crippen LogP contribution < -0.4 is 17.0 Å². The molecule has 0 saturated carbocycles. The van der Waals surface area contributed by atoms with E-state index in [9.17, 15) is 9.59 Å². The van der Waals surface area contributed by atoms with Crippen molar-refractivity contribution in [3.8, 4) is 0 Å². The van der Waals surface area contributed by atoms with Gasteiger partial charge < -0.3 is 10.3 Å². The lowest BCUT2D eigenvalue weighted by Crippen LogP contribution is -2.42. The van der Waals surface area contributed by atoms with Crippen LogP contribution in [0.15, 0.2) is 15.9 Å². The summed E-state index contributed by atoms with van der Waals surface area (Å²) in [4.78, 5) is 29.1. The van der Waals surface area contributed by atoms with Gasteiger partial charge in [0.25, 0.3) is 5.56 Å². The van der Waals surface area contributed by atoms with Crippen LogP contribution in [0.5, 0.6) is 0 Å². The Hall–Kier alpha value is -1.89. The molecule has 0 aliphatic carbocycles. The summed E-state index contributed by atoms with van der Waals surface area (Å²) >= 11 is 0. The first-order chi connectivity index (χ1) is 9.65. The fourth-order valence-electron chi connectivity index (χ4n) is 2.32. The molecule has 20 heavy (non-hydrogen) atoms. The molecule has 2 heterocycles. The minimum absolute atomic E-state index is 0.231. The van der Waals surface area contributed by atoms with Crippen molar-refractivity contribution in [1.82, 2.24) is 18.7 Å². The zero-order valence-electron chi connectivity index (χ0n) is 12.0. The minimum atomic E-state index is -0.317. The Kier molecular flexibility index (Phi) is 4.39. The van der Waals surface area contributed by atoms with Gasteiger partial charge in [-0.25, -0.2) is 9.78 Å². The smallest absolute Gasteiger partial charge is 0.329 e. The van der Waals surface area contributed by atoms with Gasteiger partial charge in [-0.2, -0.15) is 0 Å². The Labute approximate surface area is 116 Å².